The van der Waals surface area contributed by atoms with Crippen LogP contribution >= 0.6 is 0 Å². The van der Waals surface area contributed by atoms with E-state index in [9.17, 15) is 40.2 Å². The molecule has 0 fully saturated rings. The molecular weight excluding hydrogens is 572 g/mol. The van der Waals surface area contributed by atoms with Gasteiger partial charge in [-0.05, 0) is 0 Å². The average Bonchev–Trinajstić information content (AvgIpc) is 2.92. The minimum atomic E-state index is -1.84. The molecule has 0 heterocycles. The summed E-state index contributed by atoms with van der Waals surface area (Å²) < 4.78 is 0. The van der Waals surface area contributed by atoms with E-state index in [1.807, 2.05) is 0 Å². The monoisotopic (exact) mass is 624 g/mol. The molecule has 4 rings (SSSR count). The summed E-state index contributed by atoms with van der Waals surface area (Å²) in [7, 11) is -7.37. The third-order valence-corrected chi connectivity index (χ3v) is 4.29. The van der Waals surface area contributed by atoms with Crippen molar-refractivity contribution in [2.45, 2.75) is 0 Å². The highest BCUT2D eigenvalue weighted by molar-refractivity contribution is 6.56. The summed E-state index contributed by atoms with van der Waals surface area (Å²) in [4.78, 5) is 0. The molecule has 4 aromatic carbocycles. The average molecular weight is 624 g/mol. The highest BCUT2D eigenvalue weighted by Crippen LogP contribution is 1.81. The van der Waals surface area contributed by atoms with Crippen LogP contribution in [0.4, 0.5) is 0 Å². The highest BCUT2D eigenvalue weighted by atomic mass is 16.4. The van der Waals surface area contributed by atoms with E-state index in [2.05, 4.69) is 0 Å². The first-order valence-electron chi connectivity index (χ1n) is 10.7. The van der Waals surface area contributed by atoms with Crippen LogP contribution in [-0.4, -0.2) is 28.5 Å². The van der Waals surface area contributed by atoms with Crippen LogP contribution in [0.25, 0.3) is 0 Å². The molecule has 0 saturated carbocycles. The van der Waals surface area contributed by atoms with Gasteiger partial charge in [-0.1, -0.05) is 150 Å². The Bertz CT molecular complexity index is 899. The molecule has 0 bridgehead atoms. The van der Waals surface area contributed by atoms with Crippen LogP contribution in [0.1, 0.15) is 0 Å². The molecule has 0 unspecified atom stereocenters. The maximum atomic E-state index is 10.2. The summed E-state index contributed by atoms with van der Waals surface area (Å²) in [6.45, 7) is 0. The molecule has 4 aromatic rings. The van der Waals surface area contributed by atoms with Crippen molar-refractivity contribution in [2.24, 2.45) is 0 Å². The first-order valence-corrected chi connectivity index (χ1v) is 10.7. The van der Waals surface area contributed by atoms with Crippen LogP contribution in [0.15, 0.2) is 121 Å². The van der Waals surface area contributed by atoms with Crippen LogP contribution in [-0.2, 0) is 0 Å². The zero-order chi connectivity index (χ0) is 26.8. The van der Waals surface area contributed by atoms with Crippen LogP contribution < -0.4 is 111 Å². The lowest BCUT2D eigenvalue weighted by molar-refractivity contribution is -0.342. The van der Waals surface area contributed by atoms with Gasteiger partial charge in [0.25, 0.3) is 0 Å². The highest BCUT2D eigenvalue weighted by Gasteiger charge is 1.83. The van der Waals surface area contributed by atoms with Crippen LogP contribution in [0, 0.1) is 0 Å². The second kappa shape index (κ2) is 35.7. The Balaban J connectivity index is -0.0000000617. The van der Waals surface area contributed by atoms with Crippen molar-refractivity contribution in [3.8, 4) is 0 Å². The van der Waals surface area contributed by atoms with Crippen LogP contribution in [0.2, 0.25) is 0 Å². The minimum absolute atomic E-state index is 0. The lowest BCUT2D eigenvalue weighted by Crippen LogP contribution is -2.55. The van der Waals surface area contributed by atoms with Gasteiger partial charge in [-0.2, -0.15) is 0 Å². The zero-order valence-electron chi connectivity index (χ0n) is 27.1. The van der Waals surface area contributed by atoms with Gasteiger partial charge in [-0.15, -0.1) is 21.9 Å². The van der Waals surface area contributed by atoms with Gasteiger partial charge in [0.15, 0.2) is 0 Å². The molecular formula is C24H52B4N8O8. The van der Waals surface area contributed by atoms with Gasteiger partial charge < -0.3 is 89.4 Å². The summed E-state index contributed by atoms with van der Waals surface area (Å²) in [5.74, 6) is 0. The molecule has 16 nitrogen and oxygen atoms in total. The van der Waals surface area contributed by atoms with Crippen molar-refractivity contribution in [1.29, 1.82) is 0 Å². The Labute approximate surface area is 261 Å². The number of rotatable bonds is 4. The van der Waals surface area contributed by atoms with E-state index in [-0.39, 0.29) is 49.2 Å². The smallest absolute Gasteiger partial charge is 0.0623 e. The van der Waals surface area contributed by atoms with E-state index >= 15 is 0 Å². The van der Waals surface area contributed by atoms with Crippen molar-refractivity contribution in [3.05, 3.63) is 121 Å². The van der Waals surface area contributed by atoms with Crippen molar-refractivity contribution in [1.82, 2.24) is 49.2 Å². The second-order valence-corrected chi connectivity index (χ2v) is 6.97. The summed E-state index contributed by atoms with van der Waals surface area (Å²) in [6.07, 6.45) is 0. The van der Waals surface area contributed by atoms with Gasteiger partial charge in [0.2, 0.25) is 0 Å². The molecule has 0 aromatic heterocycles. The van der Waals surface area contributed by atoms with Crippen molar-refractivity contribution in [2.75, 3.05) is 0 Å². The number of hydrogen-bond donors (Lipinski definition) is 8. The Morgan fingerprint density at radius 3 is 0.409 bits per heavy atom. The lowest BCUT2D eigenvalue weighted by atomic mass is 9.81. The third-order valence-electron chi connectivity index (χ3n) is 4.29. The largest absolute Gasteiger partial charge is 0.889 e. The molecule has 20 heteroatoms. The summed E-state index contributed by atoms with van der Waals surface area (Å²) in [6, 6.07) is 32.8. The summed E-state index contributed by atoms with van der Waals surface area (Å²) >= 11 is 0. The Hall–Kier alpha value is -3.50. The molecule has 248 valence electrons. The molecule has 32 N–H and O–H groups in total. The minimum Gasteiger partial charge on any atom is -0.889 e. The molecule has 0 spiro atoms. The summed E-state index contributed by atoms with van der Waals surface area (Å²) in [5, 5.41) is 81.4. The van der Waals surface area contributed by atoms with E-state index in [0.717, 1.165) is 0 Å². The quantitative estimate of drug-likeness (QED) is 0.102. The topological polar surface area (TPSA) is 476 Å². The fraction of sp³-hybridized carbons (Fsp3) is 0. The maximum Gasteiger partial charge on any atom is -0.0623 e. The molecule has 0 saturated heterocycles. The molecule has 0 atom stereocenters. The molecule has 0 aliphatic heterocycles. The van der Waals surface area contributed by atoms with E-state index in [1.54, 1.807) is 72.8 Å². The Morgan fingerprint density at radius 2 is 0.341 bits per heavy atom. The number of hydrogen-bond acceptors (Lipinski definition) is 8. The van der Waals surface area contributed by atoms with E-state index in [4.69, 9.17) is 0 Å². The molecule has 0 amide bonds. The van der Waals surface area contributed by atoms with E-state index in [0.29, 0.717) is 21.9 Å². The fourth-order valence-corrected chi connectivity index (χ4v) is 2.44. The third kappa shape index (κ3) is 27.3. The van der Waals surface area contributed by atoms with Crippen LogP contribution in [0.5, 0.6) is 0 Å². The van der Waals surface area contributed by atoms with Gasteiger partial charge in [0.1, 0.15) is 0 Å². The number of benzene rings is 4. The van der Waals surface area contributed by atoms with Crippen LogP contribution in [0.3, 0.4) is 0 Å². The predicted octanol–water partition coefficient (Wildman–Crippen LogP) is -4.58. The predicted molar refractivity (Wildman–Crippen MR) is 175 cm³/mol. The van der Waals surface area contributed by atoms with Gasteiger partial charge in [0.05, 0.1) is 0 Å². The molecule has 0 radical (unpaired) electrons. The SMILES string of the molecule is [NH4+].[NH4+].[NH4+].[NH4+].[NH4+].[NH4+].[NH4+].[NH4+].[O-]B([O-])c1ccccc1.[O-]B([O-])c1ccccc1.[O-]B([O-])c1ccccc1.[O-]B([O-])c1ccccc1. The Kier molecular flexibility index (Phi) is 48.5. The van der Waals surface area contributed by atoms with Gasteiger partial charge in [-0.25, -0.2) is 0 Å². The van der Waals surface area contributed by atoms with E-state index in [1.165, 1.54) is 48.5 Å². The van der Waals surface area contributed by atoms with E-state index < -0.39 is 28.5 Å². The zero-order valence-corrected chi connectivity index (χ0v) is 27.1. The normalized spacial score (nSPS) is 7.45. The lowest BCUT2D eigenvalue weighted by Gasteiger charge is -2.26. The maximum absolute atomic E-state index is 10.2. The number of quaternary nitrogens is 8. The molecule has 0 aliphatic rings. The van der Waals surface area contributed by atoms with Crippen molar-refractivity contribution >= 4 is 50.3 Å². The van der Waals surface area contributed by atoms with Crippen molar-refractivity contribution < 1.29 is 40.2 Å². The summed E-state index contributed by atoms with van der Waals surface area (Å²) in [5.41, 5.74) is 1.21. The first kappa shape index (κ1) is 59.8. The van der Waals surface area contributed by atoms with Gasteiger partial charge in [0, 0.05) is 0 Å². The standard InChI is InChI=1S/4C6H5BO2.8H3N/c4*8-7(9)6-4-2-1-3-5-6;;;;;;;;/h4*1-5H;8*1H3/q4*-2;;;;;;;;/p+8. The first-order chi connectivity index (χ1) is 17.2. The fourth-order valence-electron chi connectivity index (χ4n) is 2.44. The van der Waals surface area contributed by atoms with Crippen molar-refractivity contribution in [3.63, 3.8) is 0 Å². The van der Waals surface area contributed by atoms with Gasteiger partial charge >= 0.3 is 0 Å². The molecule has 44 heavy (non-hydrogen) atoms. The molecule has 0 aliphatic carbocycles. The second-order valence-electron chi connectivity index (χ2n) is 6.97. The van der Waals surface area contributed by atoms with Gasteiger partial charge in [-0.3, -0.25) is 0 Å². The Morgan fingerprint density at radius 1 is 0.227 bits per heavy atom.